The molecule has 6 heteroatoms. The molecule has 0 saturated heterocycles. The summed E-state index contributed by atoms with van der Waals surface area (Å²) in [6.07, 6.45) is 1.31. The molecular weight excluding hydrogens is 292 g/mol. The first kappa shape index (κ1) is 17.9. The second kappa shape index (κ2) is 9.71. The summed E-state index contributed by atoms with van der Waals surface area (Å²) in [6, 6.07) is 3.33. The number of carbonyl (C=O) groups excluding carboxylic acids is 1. The van der Waals surface area contributed by atoms with Crippen molar-refractivity contribution >= 4 is 17.5 Å². The summed E-state index contributed by atoms with van der Waals surface area (Å²) < 4.78 is 10.8. The van der Waals surface area contributed by atoms with E-state index in [9.17, 15) is 4.79 Å². The maximum Gasteiger partial charge on any atom is 0.251 e. The van der Waals surface area contributed by atoms with Gasteiger partial charge in [0, 0.05) is 24.5 Å². The average molecular weight is 315 g/mol. The monoisotopic (exact) mass is 314 g/mol. The highest BCUT2D eigenvalue weighted by atomic mass is 35.5. The van der Waals surface area contributed by atoms with Crippen molar-refractivity contribution in [2.75, 3.05) is 19.8 Å². The van der Waals surface area contributed by atoms with Gasteiger partial charge in [-0.1, -0.05) is 24.9 Å². The smallest absolute Gasteiger partial charge is 0.251 e. The second-order valence-electron chi connectivity index (χ2n) is 4.47. The molecule has 0 aromatic carbocycles. The second-order valence-corrected chi connectivity index (χ2v) is 4.86. The van der Waals surface area contributed by atoms with E-state index in [1.54, 1.807) is 12.1 Å². The van der Waals surface area contributed by atoms with Crippen molar-refractivity contribution in [3.63, 3.8) is 0 Å². The van der Waals surface area contributed by atoms with Crippen LogP contribution < -0.4 is 5.32 Å². The third kappa shape index (κ3) is 6.42. The van der Waals surface area contributed by atoms with Gasteiger partial charge in [-0.3, -0.25) is 4.79 Å². The maximum atomic E-state index is 12.2. The summed E-state index contributed by atoms with van der Waals surface area (Å²) in [5.41, 5.74) is 1.33. The first-order valence-electron chi connectivity index (χ1n) is 7.28. The largest absolute Gasteiger partial charge is 0.351 e. The number of amides is 1. The zero-order valence-electron chi connectivity index (χ0n) is 12.8. The molecule has 0 saturated carbocycles. The molecule has 0 bridgehead atoms. The van der Waals surface area contributed by atoms with Crippen LogP contribution in [0.5, 0.6) is 0 Å². The summed E-state index contributed by atoms with van der Waals surface area (Å²) >= 11 is 5.95. The minimum Gasteiger partial charge on any atom is -0.351 e. The number of carbonyl (C=O) groups is 1. The van der Waals surface area contributed by atoms with Crippen molar-refractivity contribution in [3.8, 4) is 0 Å². The van der Waals surface area contributed by atoms with Gasteiger partial charge < -0.3 is 14.8 Å². The molecule has 0 atom stereocenters. The normalized spacial score (nSPS) is 10.9. The summed E-state index contributed by atoms with van der Waals surface area (Å²) in [7, 11) is 0. The van der Waals surface area contributed by atoms with Gasteiger partial charge in [-0.2, -0.15) is 0 Å². The number of aryl methyl sites for hydroxylation is 1. The Balaban J connectivity index is 2.65. The Morgan fingerprint density at radius 1 is 1.29 bits per heavy atom. The van der Waals surface area contributed by atoms with Crippen molar-refractivity contribution in [2.45, 2.75) is 39.9 Å². The van der Waals surface area contributed by atoms with Crippen molar-refractivity contribution < 1.29 is 14.3 Å². The van der Waals surface area contributed by atoms with Crippen molar-refractivity contribution in [1.82, 2.24) is 10.3 Å². The number of hydrogen-bond acceptors (Lipinski definition) is 4. The molecule has 0 fully saturated rings. The fraction of sp³-hybridized carbons (Fsp3) is 0.600. The van der Waals surface area contributed by atoms with Gasteiger partial charge in [0.15, 0.2) is 6.29 Å². The van der Waals surface area contributed by atoms with Crippen LogP contribution in [0.25, 0.3) is 0 Å². The number of aromatic nitrogens is 1. The lowest BCUT2D eigenvalue weighted by atomic mass is 10.1. The van der Waals surface area contributed by atoms with Gasteiger partial charge in [-0.25, -0.2) is 4.98 Å². The lowest BCUT2D eigenvalue weighted by Crippen LogP contribution is -2.35. The van der Waals surface area contributed by atoms with Crippen molar-refractivity contribution in [3.05, 3.63) is 28.5 Å². The highest BCUT2D eigenvalue weighted by molar-refractivity contribution is 6.29. The summed E-state index contributed by atoms with van der Waals surface area (Å²) in [5.74, 6) is -0.207. The van der Waals surface area contributed by atoms with Crippen molar-refractivity contribution in [1.29, 1.82) is 0 Å². The van der Waals surface area contributed by atoms with E-state index in [1.807, 2.05) is 13.8 Å². The molecular formula is C15H23ClN2O3. The number of nitrogens with zero attached hydrogens (tertiary/aromatic N) is 1. The van der Waals surface area contributed by atoms with Crippen LogP contribution in [0.4, 0.5) is 0 Å². The molecule has 0 spiro atoms. The lowest BCUT2D eigenvalue weighted by Gasteiger charge is -2.17. The summed E-state index contributed by atoms with van der Waals surface area (Å²) in [6.45, 7) is 7.17. The third-order valence-electron chi connectivity index (χ3n) is 2.75. The predicted octanol–water partition coefficient (Wildman–Crippen LogP) is 2.82. The molecule has 1 N–H and O–H groups in total. The summed E-state index contributed by atoms with van der Waals surface area (Å²) in [4.78, 5) is 16.4. The molecule has 0 unspecified atom stereocenters. The molecule has 0 aliphatic carbocycles. The molecule has 0 aliphatic rings. The quantitative estimate of drug-likeness (QED) is 0.562. The molecule has 1 amide bonds. The molecule has 1 rings (SSSR count). The minimum absolute atomic E-state index is 0.207. The van der Waals surface area contributed by atoms with E-state index in [0.29, 0.717) is 30.5 Å². The standard InChI is InChI=1S/C15H23ClN2O3/c1-4-7-12-8-11(9-13(16)18-12)15(19)17-10-14(20-5-2)21-6-3/h8-9,14H,4-7,10H2,1-3H3,(H,17,19). The average Bonchev–Trinajstić information content (AvgIpc) is 2.44. The number of rotatable bonds is 9. The maximum absolute atomic E-state index is 12.2. The van der Waals surface area contributed by atoms with E-state index in [2.05, 4.69) is 17.2 Å². The van der Waals surface area contributed by atoms with Gasteiger partial charge in [-0.05, 0) is 32.4 Å². The van der Waals surface area contributed by atoms with Crippen molar-refractivity contribution in [2.24, 2.45) is 0 Å². The number of hydrogen-bond donors (Lipinski definition) is 1. The molecule has 1 heterocycles. The molecule has 0 aliphatic heterocycles. The first-order valence-corrected chi connectivity index (χ1v) is 7.66. The first-order chi connectivity index (χ1) is 10.1. The highest BCUT2D eigenvalue weighted by Crippen LogP contribution is 2.12. The number of pyridine rings is 1. The van der Waals surface area contributed by atoms with Crippen LogP contribution in [-0.4, -0.2) is 36.9 Å². The van der Waals surface area contributed by atoms with Gasteiger partial charge in [0.1, 0.15) is 5.15 Å². The Hall–Kier alpha value is -1.17. The fourth-order valence-electron chi connectivity index (χ4n) is 1.88. The van der Waals surface area contributed by atoms with Gasteiger partial charge in [-0.15, -0.1) is 0 Å². The van der Waals surface area contributed by atoms with E-state index >= 15 is 0 Å². The zero-order valence-corrected chi connectivity index (χ0v) is 13.6. The topological polar surface area (TPSA) is 60.5 Å². The van der Waals surface area contributed by atoms with Crippen LogP contribution in [0, 0.1) is 0 Å². The molecule has 118 valence electrons. The van der Waals surface area contributed by atoms with E-state index in [0.717, 1.165) is 18.5 Å². The molecule has 21 heavy (non-hydrogen) atoms. The highest BCUT2D eigenvalue weighted by Gasteiger charge is 2.13. The van der Waals surface area contributed by atoms with Crippen LogP contribution in [0.3, 0.4) is 0 Å². The van der Waals surface area contributed by atoms with Crippen LogP contribution in [0.1, 0.15) is 43.2 Å². The van der Waals surface area contributed by atoms with E-state index in [4.69, 9.17) is 21.1 Å². The number of halogens is 1. The predicted molar refractivity (Wildman–Crippen MR) is 82.6 cm³/mol. The molecule has 1 aromatic heterocycles. The number of nitrogens with one attached hydrogen (secondary N) is 1. The lowest BCUT2D eigenvalue weighted by molar-refractivity contribution is -0.131. The van der Waals surface area contributed by atoms with E-state index in [1.165, 1.54) is 0 Å². The fourth-order valence-corrected chi connectivity index (χ4v) is 2.11. The SMILES string of the molecule is CCCc1cc(C(=O)NCC(OCC)OCC)cc(Cl)n1. The van der Waals surface area contributed by atoms with Crippen LogP contribution in [0.2, 0.25) is 5.15 Å². The van der Waals surface area contributed by atoms with Gasteiger partial charge >= 0.3 is 0 Å². The van der Waals surface area contributed by atoms with Gasteiger partial charge in [0.05, 0.1) is 6.54 Å². The Kier molecular flexibility index (Phi) is 8.27. The number of ether oxygens (including phenoxy) is 2. The Bertz CT molecular complexity index is 449. The van der Waals surface area contributed by atoms with Gasteiger partial charge in [0.2, 0.25) is 0 Å². The summed E-state index contributed by atoms with van der Waals surface area (Å²) in [5, 5.41) is 3.12. The third-order valence-corrected chi connectivity index (χ3v) is 2.94. The van der Waals surface area contributed by atoms with Crippen LogP contribution in [-0.2, 0) is 15.9 Å². The molecule has 5 nitrogen and oxygen atoms in total. The van der Waals surface area contributed by atoms with Crippen LogP contribution >= 0.6 is 11.6 Å². The van der Waals surface area contributed by atoms with E-state index < -0.39 is 6.29 Å². The van der Waals surface area contributed by atoms with Crippen LogP contribution in [0.15, 0.2) is 12.1 Å². The zero-order chi connectivity index (χ0) is 15.7. The Morgan fingerprint density at radius 3 is 2.52 bits per heavy atom. The van der Waals surface area contributed by atoms with Gasteiger partial charge in [0.25, 0.3) is 5.91 Å². The van der Waals surface area contributed by atoms with E-state index in [-0.39, 0.29) is 5.91 Å². The molecule has 1 aromatic rings. The Morgan fingerprint density at radius 2 is 1.95 bits per heavy atom. The molecule has 0 radical (unpaired) electrons. The Labute approximate surface area is 131 Å². The minimum atomic E-state index is -0.434.